The first-order chi connectivity index (χ1) is 9.58. The Labute approximate surface area is 118 Å². The second-order valence-corrected chi connectivity index (χ2v) is 4.10. The maximum Gasteiger partial charge on any atom is 0.338 e. The summed E-state index contributed by atoms with van der Waals surface area (Å²) in [7, 11) is 1.57. The van der Waals surface area contributed by atoms with Crippen LogP contribution in [-0.4, -0.2) is 32.1 Å². The summed E-state index contributed by atoms with van der Waals surface area (Å²) >= 11 is 0. The van der Waals surface area contributed by atoms with E-state index < -0.39 is 5.97 Å². The largest absolute Gasteiger partial charge is 0.492 e. The van der Waals surface area contributed by atoms with Crippen molar-refractivity contribution in [2.24, 2.45) is 0 Å². The molecule has 0 radical (unpaired) electrons. The van der Waals surface area contributed by atoms with Crippen molar-refractivity contribution in [1.29, 1.82) is 0 Å². The van der Waals surface area contributed by atoms with Crippen LogP contribution in [0.25, 0.3) is 0 Å². The number of carbonyl (C=O) groups is 2. The van der Waals surface area contributed by atoms with Crippen LogP contribution in [-0.2, 0) is 9.53 Å². The summed E-state index contributed by atoms with van der Waals surface area (Å²) in [5.74, 6) is 0.00619. The van der Waals surface area contributed by atoms with Crippen molar-refractivity contribution in [1.82, 2.24) is 5.32 Å². The molecule has 1 aromatic rings. The fraction of sp³-hybridized carbons (Fsp3) is 0.429. The first kappa shape index (κ1) is 15.8. The first-order valence-corrected chi connectivity index (χ1v) is 6.48. The number of anilines is 1. The molecular formula is C14H20N2O4. The van der Waals surface area contributed by atoms with Crippen molar-refractivity contribution >= 4 is 17.6 Å². The predicted octanol–water partition coefficient (Wildman–Crippen LogP) is 1.35. The molecule has 0 aliphatic heterocycles. The predicted molar refractivity (Wildman–Crippen MR) is 75.6 cm³/mol. The lowest BCUT2D eigenvalue weighted by atomic mass is 10.2. The molecule has 0 spiro atoms. The summed E-state index contributed by atoms with van der Waals surface area (Å²) in [5.41, 5.74) is 6.53. The van der Waals surface area contributed by atoms with Gasteiger partial charge in [0.2, 0.25) is 5.91 Å². The van der Waals surface area contributed by atoms with Gasteiger partial charge >= 0.3 is 5.97 Å². The molecule has 0 bridgehead atoms. The van der Waals surface area contributed by atoms with Crippen molar-refractivity contribution in [2.45, 2.75) is 19.8 Å². The average molecular weight is 280 g/mol. The minimum absolute atomic E-state index is 0.0774. The van der Waals surface area contributed by atoms with Gasteiger partial charge < -0.3 is 20.5 Å². The highest BCUT2D eigenvalue weighted by atomic mass is 16.5. The highest BCUT2D eigenvalue weighted by Gasteiger charge is 2.10. The summed E-state index contributed by atoms with van der Waals surface area (Å²) in [6, 6.07) is 4.76. The van der Waals surface area contributed by atoms with E-state index >= 15 is 0 Å². The molecule has 1 aromatic carbocycles. The Morgan fingerprint density at radius 1 is 1.35 bits per heavy atom. The minimum atomic E-state index is -0.461. The molecule has 0 aromatic heterocycles. The normalized spacial score (nSPS) is 9.90. The lowest BCUT2D eigenvalue weighted by molar-refractivity contribution is -0.120. The third-order valence-electron chi connectivity index (χ3n) is 2.61. The van der Waals surface area contributed by atoms with E-state index in [1.54, 1.807) is 19.2 Å². The van der Waals surface area contributed by atoms with Crippen LogP contribution in [0.3, 0.4) is 0 Å². The van der Waals surface area contributed by atoms with Gasteiger partial charge in [-0.1, -0.05) is 0 Å². The molecule has 20 heavy (non-hydrogen) atoms. The van der Waals surface area contributed by atoms with Gasteiger partial charge in [-0.05, 0) is 31.5 Å². The Morgan fingerprint density at radius 2 is 2.10 bits per heavy atom. The molecule has 1 amide bonds. The standard InChI is InChI=1S/C14H20N2O4/c1-3-19-12-7-6-10(9-11(12)15)14(18)20-8-4-5-13(17)16-2/h6-7,9H,3-5,8,15H2,1-2H3,(H,16,17). The van der Waals surface area contributed by atoms with Crippen LogP contribution in [0.5, 0.6) is 5.75 Å². The molecule has 0 fully saturated rings. The molecule has 0 unspecified atom stereocenters. The van der Waals surface area contributed by atoms with Gasteiger partial charge in [0.1, 0.15) is 5.75 Å². The number of hydrogen-bond donors (Lipinski definition) is 2. The lowest BCUT2D eigenvalue weighted by Crippen LogP contribution is -2.18. The molecule has 1 rings (SSSR count). The van der Waals surface area contributed by atoms with Crippen LogP contribution >= 0.6 is 0 Å². The first-order valence-electron chi connectivity index (χ1n) is 6.48. The van der Waals surface area contributed by atoms with Crippen LogP contribution in [0.2, 0.25) is 0 Å². The minimum Gasteiger partial charge on any atom is -0.492 e. The third kappa shape index (κ3) is 4.79. The van der Waals surface area contributed by atoms with E-state index in [1.165, 1.54) is 6.07 Å². The Balaban J connectivity index is 2.47. The van der Waals surface area contributed by atoms with Crippen LogP contribution in [0.1, 0.15) is 30.1 Å². The Kier molecular flexibility index (Phi) is 6.36. The summed E-state index contributed by atoms with van der Waals surface area (Å²) in [6.45, 7) is 2.56. The lowest BCUT2D eigenvalue weighted by Gasteiger charge is -2.09. The monoisotopic (exact) mass is 280 g/mol. The Bertz CT molecular complexity index is 474. The van der Waals surface area contributed by atoms with Crippen molar-refractivity contribution < 1.29 is 19.1 Å². The van der Waals surface area contributed by atoms with Crippen molar-refractivity contribution in [3.63, 3.8) is 0 Å². The molecule has 0 heterocycles. The highest BCUT2D eigenvalue weighted by Crippen LogP contribution is 2.22. The van der Waals surface area contributed by atoms with E-state index in [4.69, 9.17) is 15.2 Å². The molecule has 3 N–H and O–H groups in total. The number of nitrogens with one attached hydrogen (secondary N) is 1. The summed E-state index contributed by atoms with van der Waals surface area (Å²) < 4.78 is 10.3. The number of benzene rings is 1. The Hall–Kier alpha value is -2.24. The van der Waals surface area contributed by atoms with Crippen LogP contribution in [0, 0.1) is 0 Å². The van der Waals surface area contributed by atoms with E-state index in [0.29, 0.717) is 36.4 Å². The second kappa shape index (κ2) is 8.04. The Morgan fingerprint density at radius 3 is 2.70 bits per heavy atom. The van der Waals surface area contributed by atoms with Crippen molar-refractivity contribution in [2.75, 3.05) is 26.0 Å². The van der Waals surface area contributed by atoms with Crippen LogP contribution in [0.4, 0.5) is 5.69 Å². The number of rotatable bonds is 7. The second-order valence-electron chi connectivity index (χ2n) is 4.10. The number of nitrogen functional groups attached to an aromatic ring is 1. The topological polar surface area (TPSA) is 90.6 Å². The number of esters is 1. The summed E-state index contributed by atoms with van der Waals surface area (Å²) in [5, 5.41) is 2.50. The third-order valence-corrected chi connectivity index (χ3v) is 2.61. The van der Waals surface area contributed by atoms with E-state index in [1.807, 2.05) is 6.92 Å². The number of amides is 1. The molecule has 110 valence electrons. The van der Waals surface area contributed by atoms with Gasteiger partial charge in [-0.2, -0.15) is 0 Å². The SMILES string of the molecule is CCOc1ccc(C(=O)OCCCC(=O)NC)cc1N. The van der Waals surface area contributed by atoms with Gasteiger partial charge in [0.15, 0.2) is 0 Å². The summed E-state index contributed by atoms with van der Waals surface area (Å²) in [4.78, 5) is 22.7. The molecule has 6 nitrogen and oxygen atoms in total. The molecular weight excluding hydrogens is 260 g/mol. The molecule has 0 saturated heterocycles. The number of ether oxygens (including phenoxy) is 2. The van der Waals surface area contributed by atoms with Gasteiger partial charge in [0.25, 0.3) is 0 Å². The molecule has 6 heteroatoms. The summed E-state index contributed by atoms with van der Waals surface area (Å²) in [6.07, 6.45) is 0.813. The van der Waals surface area contributed by atoms with E-state index in [0.717, 1.165) is 0 Å². The van der Waals surface area contributed by atoms with Gasteiger partial charge in [-0.3, -0.25) is 4.79 Å². The van der Waals surface area contributed by atoms with Gasteiger partial charge in [-0.25, -0.2) is 4.79 Å². The van der Waals surface area contributed by atoms with Crippen LogP contribution in [0.15, 0.2) is 18.2 Å². The number of hydrogen-bond acceptors (Lipinski definition) is 5. The fourth-order valence-electron chi connectivity index (χ4n) is 1.57. The zero-order valence-corrected chi connectivity index (χ0v) is 11.8. The maximum absolute atomic E-state index is 11.8. The van der Waals surface area contributed by atoms with E-state index in [-0.39, 0.29) is 12.5 Å². The van der Waals surface area contributed by atoms with Crippen LogP contribution < -0.4 is 15.8 Å². The average Bonchev–Trinajstić information content (AvgIpc) is 2.45. The number of carbonyl (C=O) groups excluding carboxylic acids is 2. The smallest absolute Gasteiger partial charge is 0.338 e. The van der Waals surface area contributed by atoms with Gasteiger partial charge in [-0.15, -0.1) is 0 Å². The maximum atomic E-state index is 11.8. The van der Waals surface area contributed by atoms with Crippen molar-refractivity contribution in [3.8, 4) is 5.75 Å². The molecule has 0 saturated carbocycles. The zero-order chi connectivity index (χ0) is 15.0. The van der Waals surface area contributed by atoms with Gasteiger partial charge in [0.05, 0.1) is 24.5 Å². The van der Waals surface area contributed by atoms with E-state index in [2.05, 4.69) is 5.32 Å². The fourth-order valence-corrected chi connectivity index (χ4v) is 1.57. The molecule has 0 aliphatic rings. The zero-order valence-electron chi connectivity index (χ0n) is 11.8. The highest BCUT2D eigenvalue weighted by molar-refractivity contribution is 5.91. The van der Waals surface area contributed by atoms with E-state index in [9.17, 15) is 9.59 Å². The number of nitrogens with two attached hydrogens (primary N) is 1. The molecule has 0 atom stereocenters. The van der Waals surface area contributed by atoms with Crippen molar-refractivity contribution in [3.05, 3.63) is 23.8 Å². The van der Waals surface area contributed by atoms with Gasteiger partial charge in [0, 0.05) is 13.5 Å². The molecule has 0 aliphatic carbocycles. The quantitative estimate of drug-likeness (QED) is 0.447.